The van der Waals surface area contributed by atoms with Gasteiger partial charge in [-0.25, -0.2) is 9.67 Å². The van der Waals surface area contributed by atoms with Crippen LogP contribution in [0.2, 0.25) is 0 Å². The van der Waals surface area contributed by atoms with E-state index in [1.807, 2.05) is 6.26 Å². The molecule has 0 aliphatic rings. The van der Waals surface area contributed by atoms with Crippen molar-refractivity contribution >= 4 is 56.1 Å². The molecule has 2 aromatic heterocycles. The first kappa shape index (κ1) is 19.3. The van der Waals surface area contributed by atoms with E-state index in [1.165, 1.54) is 34.3 Å². The molecule has 0 bridgehead atoms. The van der Waals surface area contributed by atoms with Gasteiger partial charge in [0.15, 0.2) is 11.4 Å². The second-order valence-corrected chi connectivity index (χ2v) is 7.41. The van der Waals surface area contributed by atoms with Crippen LogP contribution < -0.4 is 10.9 Å². The molecule has 0 radical (unpaired) electrons. The molecule has 0 saturated heterocycles. The molecule has 10 heteroatoms. The first-order valence-electron chi connectivity index (χ1n) is 7.88. The SMILES string of the molecule is CSc1cc(C(=O)Cn2cnc3c(c(Br)nn3C)c2=O)ccc1NC(C)=O. The van der Waals surface area contributed by atoms with Crippen LogP contribution in [0.25, 0.3) is 11.0 Å². The minimum atomic E-state index is -0.340. The van der Waals surface area contributed by atoms with E-state index in [9.17, 15) is 14.4 Å². The quantitative estimate of drug-likeness (QED) is 0.474. The van der Waals surface area contributed by atoms with E-state index in [4.69, 9.17) is 0 Å². The molecule has 2 heterocycles. The van der Waals surface area contributed by atoms with E-state index in [0.29, 0.717) is 26.9 Å². The number of nitrogens with one attached hydrogen (secondary N) is 1. The van der Waals surface area contributed by atoms with Crippen molar-refractivity contribution in [3.05, 3.63) is 45.0 Å². The Morgan fingerprint density at radius 3 is 2.74 bits per heavy atom. The average molecular weight is 450 g/mol. The number of hydrogen-bond acceptors (Lipinski definition) is 6. The van der Waals surface area contributed by atoms with Gasteiger partial charge in [0.05, 0.1) is 12.2 Å². The molecule has 27 heavy (non-hydrogen) atoms. The number of rotatable bonds is 5. The Bertz CT molecular complexity index is 1120. The van der Waals surface area contributed by atoms with Crippen LogP contribution in [0.3, 0.4) is 0 Å². The van der Waals surface area contributed by atoms with Crippen LogP contribution in [-0.2, 0) is 18.4 Å². The second kappa shape index (κ2) is 7.65. The topological polar surface area (TPSA) is 98.9 Å². The van der Waals surface area contributed by atoms with E-state index in [0.717, 1.165) is 4.90 Å². The molecule has 1 amide bonds. The zero-order chi connectivity index (χ0) is 19.7. The predicted octanol–water partition coefficient (Wildman–Crippen LogP) is 2.46. The van der Waals surface area contributed by atoms with Gasteiger partial charge in [-0.15, -0.1) is 11.8 Å². The van der Waals surface area contributed by atoms with Crippen LogP contribution in [0, 0.1) is 0 Å². The fraction of sp³-hybridized carbons (Fsp3) is 0.235. The van der Waals surface area contributed by atoms with Crippen molar-refractivity contribution in [2.75, 3.05) is 11.6 Å². The molecule has 3 rings (SSSR count). The van der Waals surface area contributed by atoms with Gasteiger partial charge in [-0.2, -0.15) is 5.10 Å². The summed E-state index contributed by atoms with van der Waals surface area (Å²) >= 11 is 4.67. The summed E-state index contributed by atoms with van der Waals surface area (Å²) in [4.78, 5) is 41.6. The standard InChI is InChI=1S/C17H16BrN5O3S/c1-9(24)20-11-5-4-10(6-13(11)27-3)12(25)7-23-8-19-16-14(17(23)26)15(18)21-22(16)2/h4-6,8H,7H2,1-3H3,(H,20,24). The Balaban J connectivity index is 1.93. The minimum absolute atomic E-state index is 0.142. The molecule has 0 saturated carbocycles. The van der Waals surface area contributed by atoms with Gasteiger partial charge in [0.25, 0.3) is 5.56 Å². The summed E-state index contributed by atoms with van der Waals surface area (Å²) in [6, 6.07) is 5.02. The van der Waals surface area contributed by atoms with Gasteiger partial charge in [0.1, 0.15) is 16.3 Å². The van der Waals surface area contributed by atoms with Crippen molar-refractivity contribution in [2.45, 2.75) is 18.4 Å². The number of halogens is 1. The van der Waals surface area contributed by atoms with Crippen LogP contribution in [0.1, 0.15) is 17.3 Å². The van der Waals surface area contributed by atoms with Crippen LogP contribution in [-0.4, -0.2) is 37.3 Å². The number of ketones is 1. The number of hydrogen-bond donors (Lipinski definition) is 1. The number of carbonyl (C=O) groups excluding carboxylic acids is 2. The Kier molecular flexibility index (Phi) is 5.47. The lowest BCUT2D eigenvalue weighted by molar-refractivity contribution is -0.114. The van der Waals surface area contributed by atoms with Crippen molar-refractivity contribution in [3.63, 3.8) is 0 Å². The molecule has 1 aromatic carbocycles. The first-order chi connectivity index (χ1) is 12.8. The number of carbonyl (C=O) groups is 2. The summed E-state index contributed by atoms with van der Waals surface area (Å²) < 4.78 is 3.15. The molecule has 1 N–H and O–H groups in total. The molecule has 3 aromatic rings. The van der Waals surface area contributed by atoms with Crippen LogP contribution in [0.15, 0.2) is 38.8 Å². The van der Waals surface area contributed by atoms with Gasteiger partial charge in [-0.1, -0.05) is 0 Å². The highest BCUT2D eigenvalue weighted by Gasteiger charge is 2.16. The molecule has 0 atom stereocenters. The van der Waals surface area contributed by atoms with E-state index in [-0.39, 0.29) is 23.8 Å². The fourth-order valence-corrected chi connectivity index (χ4v) is 3.82. The third-order valence-electron chi connectivity index (χ3n) is 3.92. The Morgan fingerprint density at radius 1 is 1.33 bits per heavy atom. The highest BCUT2D eigenvalue weighted by Crippen LogP contribution is 2.27. The third kappa shape index (κ3) is 3.81. The molecule has 8 nitrogen and oxygen atoms in total. The van der Waals surface area contributed by atoms with E-state index >= 15 is 0 Å². The number of amides is 1. The van der Waals surface area contributed by atoms with Crippen LogP contribution >= 0.6 is 27.7 Å². The lowest BCUT2D eigenvalue weighted by Gasteiger charge is -2.10. The number of fused-ring (bicyclic) bond motifs is 1. The zero-order valence-electron chi connectivity index (χ0n) is 14.8. The maximum Gasteiger partial charge on any atom is 0.266 e. The van der Waals surface area contributed by atoms with E-state index < -0.39 is 0 Å². The number of benzene rings is 1. The highest BCUT2D eigenvalue weighted by atomic mass is 79.9. The summed E-state index contributed by atoms with van der Waals surface area (Å²) in [5.74, 6) is -0.416. The molecular formula is C17H16BrN5O3S. The zero-order valence-corrected chi connectivity index (χ0v) is 17.2. The monoisotopic (exact) mass is 449 g/mol. The largest absolute Gasteiger partial charge is 0.325 e. The highest BCUT2D eigenvalue weighted by molar-refractivity contribution is 9.10. The van der Waals surface area contributed by atoms with Crippen molar-refractivity contribution in [2.24, 2.45) is 7.05 Å². The smallest absolute Gasteiger partial charge is 0.266 e. The van der Waals surface area contributed by atoms with Crippen molar-refractivity contribution in [1.29, 1.82) is 0 Å². The summed E-state index contributed by atoms with van der Waals surface area (Å²) in [5.41, 5.74) is 1.20. The Labute approximate surface area is 167 Å². The molecule has 0 aliphatic carbocycles. The van der Waals surface area contributed by atoms with Gasteiger partial charge < -0.3 is 5.32 Å². The number of anilines is 1. The Hall–Kier alpha value is -2.46. The lowest BCUT2D eigenvalue weighted by Crippen LogP contribution is -2.24. The number of thioether (sulfide) groups is 1. The number of aromatic nitrogens is 4. The summed E-state index contributed by atoms with van der Waals surface area (Å²) in [7, 11) is 1.69. The normalized spacial score (nSPS) is 11.0. The first-order valence-corrected chi connectivity index (χ1v) is 9.90. The maximum atomic E-state index is 12.7. The van der Waals surface area contributed by atoms with Gasteiger partial charge in [0.2, 0.25) is 5.91 Å². The van der Waals surface area contributed by atoms with Crippen molar-refractivity contribution < 1.29 is 9.59 Å². The second-order valence-electron chi connectivity index (χ2n) is 5.81. The molecule has 0 fully saturated rings. The average Bonchev–Trinajstić information content (AvgIpc) is 2.91. The predicted molar refractivity (Wildman–Crippen MR) is 107 cm³/mol. The summed E-state index contributed by atoms with van der Waals surface area (Å²) in [6.07, 6.45) is 3.20. The summed E-state index contributed by atoms with van der Waals surface area (Å²) in [5, 5.41) is 7.18. The third-order valence-corrected chi connectivity index (χ3v) is 5.25. The maximum absolute atomic E-state index is 12.7. The van der Waals surface area contributed by atoms with Gasteiger partial charge in [0, 0.05) is 24.4 Å². The molecule has 140 valence electrons. The van der Waals surface area contributed by atoms with Gasteiger partial charge >= 0.3 is 0 Å². The van der Waals surface area contributed by atoms with Crippen LogP contribution in [0.5, 0.6) is 0 Å². The molecule has 0 unspecified atom stereocenters. The molecule has 0 spiro atoms. The van der Waals surface area contributed by atoms with Gasteiger partial charge in [-0.3, -0.25) is 19.0 Å². The van der Waals surface area contributed by atoms with Crippen LogP contribution in [0.4, 0.5) is 5.69 Å². The molecule has 0 aliphatic heterocycles. The van der Waals surface area contributed by atoms with E-state index in [2.05, 4.69) is 31.3 Å². The fourth-order valence-electron chi connectivity index (χ4n) is 2.65. The summed E-state index contributed by atoms with van der Waals surface area (Å²) in [6.45, 7) is 1.28. The molecular weight excluding hydrogens is 434 g/mol. The van der Waals surface area contributed by atoms with Crippen molar-refractivity contribution in [3.8, 4) is 0 Å². The van der Waals surface area contributed by atoms with E-state index in [1.54, 1.807) is 25.2 Å². The number of Topliss-reactive ketones (excluding diaryl/α,β-unsaturated/α-hetero) is 1. The number of nitrogens with zero attached hydrogens (tertiary/aromatic N) is 4. The number of aryl methyl sites for hydroxylation is 1. The van der Waals surface area contributed by atoms with Gasteiger partial charge in [-0.05, 0) is 40.4 Å². The Morgan fingerprint density at radius 2 is 2.07 bits per heavy atom. The van der Waals surface area contributed by atoms with Crippen molar-refractivity contribution in [1.82, 2.24) is 19.3 Å². The lowest BCUT2D eigenvalue weighted by atomic mass is 10.1. The minimum Gasteiger partial charge on any atom is -0.325 e.